The molecule has 0 spiro atoms. The second-order valence-electron chi connectivity index (χ2n) is 5.67. The van der Waals surface area contributed by atoms with Crippen LogP contribution in [0.3, 0.4) is 0 Å². The summed E-state index contributed by atoms with van der Waals surface area (Å²) in [6, 6.07) is 0.638. The maximum Gasteiger partial charge on any atom is 0.0365 e. The molecule has 0 aromatic rings. The summed E-state index contributed by atoms with van der Waals surface area (Å²) >= 11 is 0. The summed E-state index contributed by atoms with van der Waals surface area (Å²) < 4.78 is 12.5. The number of rotatable bonds is 5. The van der Waals surface area contributed by atoms with Gasteiger partial charge in [-0.2, -0.15) is 0 Å². The number of nitrogens with one attached hydrogen (secondary N) is 1. The molecular formula is C14H27NOS. The van der Waals surface area contributed by atoms with Crippen molar-refractivity contribution in [1.29, 1.82) is 0 Å². The average molecular weight is 257 g/mol. The maximum atomic E-state index is 12.5. The lowest BCUT2D eigenvalue weighted by Crippen LogP contribution is -2.39. The van der Waals surface area contributed by atoms with Gasteiger partial charge in [0.25, 0.3) is 0 Å². The van der Waals surface area contributed by atoms with Crippen LogP contribution in [0.25, 0.3) is 0 Å². The molecule has 0 aromatic carbocycles. The Bertz CT molecular complexity index is 251. The Labute approximate surface area is 108 Å². The quantitative estimate of drug-likeness (QED) is 0.820. The van der Waals surface area contributed by atoms with Crippen LogP contribution in [0.4, 0.5) is 0 Å². The molecule has 3 unspecified atom stereocenters. The van der Waals surface area contributed by atoms with Gasteiger partial charge in [-0.15, -0.1) is 0 Å². The smallest absolute Gasteiger partial charge is 0.0365 e. The fourth-order valence-electron chi connectivity index (χ4n) is 3.28. The molecular weight excluding hydrogens is 230 g/mol. The monoisotopic (exact) mass is 257 g/mol. The van der Waals surface area contributed by atoms with E-state index in [0.717, 1.165) is 13.0 Å². The fraction of sp³-hybridized carbons (Fsp3) is 1.00. The third-order valence-electron chi connectivity index (χ3n) is 4.27. The first kappa shape index (κ1) is 13.5. The third kappa shape index (κ3) is 3.78. The summed E-state index contributed by atoms with van der Waals surface area (Å²) in [5, 5.41) is 4.63. The molecule has 0 aromatic heterocycles. The van der Waals surface area contributed by atoms with Crippen molar-refractivity contribution < 1.29 is 4.21 Å². The Morgan fingerprint density at radius 1 is 1.06 bits per heavy atom. The Morgan fingerprint density at radius 3 is 2.47 bits per heavy atom. The van der Waals surface area contributed by atoms with Gasteiger partial charge in [0.05, 0.1) is 0 Å². The van der Waals surface area contributed by atoms with Crippen LogP contribution < -0.4 is 5.32 Å². The van der Waals surface area contributed by atoms with Crippen LogP contribution in [-0.2, 0) is 10.8 Å². The second-order valence-corrected chi connectivity index (χ2v) is 7.67. The summed E-state index contributed by atoms with van der Waals surface area (Å²) in [4.78, 5) is 0. The van der Waals surface area contributed by atoms with Crippen molar-refractivity contribution in [2.75, 3.05) is 6.54 Å². The largest absolute Gasteiger partial charge is 0.314 e. The third-order valence-corrected chi connectivity index (χ3v) is 6.48. The summed E-state index contributed by atoms with van der Waals surface area (Å²) in [5.41, 5.74) is 0. The van der Waals surface area contributed by atoms with Crippen molar-refractivity contribution >= 4 is 10.8 Å². The van der Waals surface area contributed by atoms with E-state index in [2.05, 4.69) is 12.2 Å². The van der Waals surface area contributed by atoms with E-state index in [9.17, 15) is 4.21 Å². The van der Waals surface area contributed by atoms with Gasteiger partial charge in [0, 0.05) is 27.3 Å². The van der Waals surface area contributed by atoms with Crippen molar-refractivity contribution in [3.63, 3.8) is 0 Å². The molecule has 3 heteroatoms. The minimum absolute atomic E-state index is 0.487. The van der Waals surface area contributed by atoms with E-state index in [1.807, 2.05) is 0 Å². The van der Waals surface area contributed by atoms with E-state index < -0.39 is 10.8 Å². The van der Waals surface area contributed by atoms with Crippen LogP contribution in [-0.4, -0.2) is 27.3 Å². The highest BCUT2D eigenvalue weighted by Crippen LogP contribution is 2.30. The molecule has 2 aliphatic carbocycles. The Balaban J connectivity index is 1.81. The molecule has 2 aliphatic rings. The molecule has 100 valence electrons. The predicted molar refractivity (Wildman–Crippen MR) is 74.7 cm³/mol. The van der Waals surface area contributed by atoms with Gasteiger partial charge in [0.15, 0.2) is 0 Å². The standard InChI is InChI=1S/C14H27NOS/c1-2-10-15-12-6-5-9-14(11-12)17(16)13-7-3-4-8-13/h12-15H,2-11H2,1H3. The highest BCUT2D eigenvalue weighted by Gasteiger charge is 2.31. The number of hydrogen-bond acceptors (Lipinski definition) is 2. The lowest BCUT2D eigenvalue weighted by molar-refractivity contribution is 0.377. The molecule has 2 nitrogen and oxygen atoms in total. The Hall–Kier alpha value is 0.110. The molecule has 3 atom stereocenters. The first-order valence-electron chi connectivity index (χ1n) is 7.44. The van der Waals surface area contributed by atoms with Crippen LogP contribution in [0.5, 0.6) is 0 Å². The van der Waals surface area contributed by atoms with Crippen LogP contribution in [0.1, 0.15) is 64.7 Å². The van der Waals surface area contributed by atoms with Crippen LogP contribution in [0.2, 0.25) is 0 Å². The zero-order valence-corrected chi connectivity index (χ0v) is 11.9. The van der Waals surface area contributed by atoms with Gasteiger partial charge in [0.1, 0.15) is 0 Å². The van der Waals surface area contributed by atoms with E-state index in [1.165, 1.54) is 51.4 Å². The summed E-state index contributed by atoms with van der Waals surface area (Å²) in [7, 11) is -0.548. The van der Waals surface area contributed by atoms with Gasteiger partial charge in [-0.05, 0) is 45.1 Å². The Morgan fingerprint density at radius 2 is 1.76 bits per heavy atom. The molecule has 2 saturated carbocycles. The molecule has 0 amide bonds. The molecule has 0 saturated heterocycles. The Kier molecular flexibility index (Phi) is 5.49. The van der Waals surface area contributed by atoms with E-state index in [-0.39, 0.29) is 0 Å². The van der Waals surface area contributed by atoms with Gasteiger partial charge >= 0.3 is 0 Å². The predicted octanol–water partition coefficient (Wildman–Crippen LogP) is 2.99. The van der Waals surface area contributed by atoms with Crippen LogP contribution in [0, 0.1) is 0 Å². The van der Waals surface area contributed by atoms with Gasteiger partial charge in [-0.3, -0.25) is 4.21 Å². The molecule has 2 rings (SSSR count). The van der Waals surface area contributed by atoms with Crippen molar-refractivity contribution in [2.24, 2.45) is 0 Å². The first-order chi connectivity index (χ1) is 8.31. The first-order valence-corrected chi connectivity index (χ1v) is 8.71. The maximum absolute atomic E-state index is 12.5. The average Bonchev–Trinajstić information content (AvgIpc) is 2.89. The summed E-state index contributed by atoms with van der Waals surface area (Å²) in [6.07, 6.45) is 11.2. The fourth-order valence-corrected chi connectivity index (χ4v) is 5.45. The summed E-state index contributed by atoms with van der Waals surface area (Å²) in [6.45, 7) is 3.33. The van der Waals surface area contributed by atoms with E-state index in [1.54, 1.807) is 0 Å². The van der Waals surface area contributed by atoms with Gasteiger partial charge in [-0.1, -0.05) is 26.2 Å². The minimum Gasteiger partial charge on any atom is -0.314 e. The van der Waals surface area contributed by atoms with E-state index in [4.69, 9.17) is 0 Å². The minimum atomic E-state index is -0.548. The molecule has 0 bridgehead atoms. The lowest BCUT2D eigenvalue weighted by atomic mass is 9.95. The molecule has 0 aliphatic heterocycles. The molecule has 17 heavy (non-hydrogen) atoms. The van der Waals surface area contributed by atoms with Crippen molar-refractivity contribution in [2.45, 2.75) is 81.3 Å². The SMILES string of the molecule is CCCNC1CCCC(S(=O)C2CCCC2)C1. The van der Waals surface area contributed by atoms with Crippen molar-refractivity contribution in [3.05, 3.63) is 0 Å². The number of hydrogen-bond donors (Lipinski definition) is 1. The van der Waals surface area contributed by atoms with Crippen molar-refractivity contribution in [1.82, 2.24) is 5.32 Å². The molecule has 0 heterocycles. The normalized spacial score (nSPS) is 32.8. The van der Waals surface area contributed by atoms with Crippen LogP contribution >= 0.6 is 0 Å². The van der Waals surface area contributed by atoms with Gasteiger partial charge in [0.2, 0.25) is 0 Å². The zero-order valence-electron chi connectivity index (χ0n) is 11.1. The highest BCUT2D eigenvalue weighted by atomic mass is 32.2. The van der Waals surface area contributed by atoms with Gasteiger partial charge < -0.3 is 5.32 Å². The van der Waals surface area contributed by atoms with Gasteiger partial charge in [-0.25, -0.2) is 0 Å². The van der Waals surface area contributed by atoms with Crippen molar-refractivity contribution in [3.8, 4) is 0 Å². The zero-order chi connectivity index (χ0) is 12.1. The molecule has 2 fully saturated rings. The molecule has 0 radical (unpaired) electrons. The summed E-state index contributed by atoms with van der Waals surface area (Å²) in [5.74, 6) is 0. The van der Waals surface area contributed by atoms with Crippen LogP contribution in [0.15, 0.2) is 0 Å². The van der Waals surface area contributed by atoms with E-state index in [0.29, 0.717) is 16.5 Å². The lowest BCUT2D eigenvalue weighted by Gasteiger charge is -2.30. The van der Waals surface area contributed by atoms with E-state index >= 15 is 0 Å². The topological polar surface area (TPSA) is 29.1 Å². The highest BCUT2D eigenvalue weighted by molar-refractivity contribution is 7.86. The molecule has 1 N–H and O–H groups in total. The second kappa shape index (κ2) is 6.89.